The second-order valence-electron chi connectivity index (χ2n) is 6.66. The number of benzene rings is 1. The normalized spacial score (nSPS) is 19.0. The fraction of sp³-hybridized carbons (Fsp3) is 0.579. The lowest BCUT2D eigenvalue weighted by molar-refractivity contribution is -0.141. The zero-order valence-corrected chi connectivity index (χ0v) is 14.6. The van der Waals surface area contributed by atoms with Gasteiger partial charge in [0.05, 0.1) is 12.6 Å². The molecular weight excluding hydrogens is 304 g/mol. The molecule has 1 heterocycles. The molecule has 1 aliphatic heterocycles. The number of hydrogen-bond donors (Lipinski definition) is 1. The van der Waals surface area contributed by atoms with E-state index in [-0.39, 0.29) is 24.3 Å². The molecule has 2 amide bonds. The van der Waals surface area contributed by atoms with E-state index in [1.807, 2.05) is 30.3 Å². The van der Waals surface area contributed by atoms with E-state index in [1.165, 1.54) is 6.92 Å². The van der Waals surface area contributed by atoms with E-state index in [1.54, 1.807) is 16.7 Å². The third-order valence-corrected chi connectivity index (χ3v) is 4.78. The summed E-state index contributed by atoms with van der Waals surface area (Å²) in [4.78, 5) is 27.8. The quantitative estimate of drug-likeness (QED) is 0.862. The molecule has 0 saturated carbocycles. The highest BCUT2D eigenvalue weighted by atomic mass is 16.3. The number of nitrogens with zero attached hydrogens (tertiary/aromatic N) is 2. The second-order valence-corrected chi connectivity index (χ2v) is 6.66. The number of amides is 2. The van der Waals surface area contributed by atoms with Gasteiger partial charge in [0.2, 0.25) is 11.8 Å². The molecule has 2 rings (SSSR count). The standard InChI is InChI=1S/C19H28N2O3/c1-15(22)18-9-6-11-21(13-18)19(24)14-20(16(2)23)12-10-17-7-4-3-5-8-17/h3-5,7-8,15,18,22H,6,9-14H2,1-2H3/t15-,18-/m0/s1. The molecule has 1 aromatic carbocycles. The number of rotatable bonds is 6. The van der Waals surface area contributed by atoms with Gasteiger partial charge in [-0.25, -0.2) is 0 Å². The Hall–Kier alpha value is -1.88. The zero-order valence-electron chi connectivity index (χ0n) is 14.6. The van der Waals surface area contributed by atoms with Gasteiger partial charge in [0.15, 0.2) is 0 Å². The van der Waals surface area contributed by atoms with Crippen molar-refractivity contribution in [3.8, 4) is 0 Å². The van der Waals surface area contributed by atoms with E-state index in [0.717, 1.165) is 24.8 Å². The van der Waals surface area contributed by atoms with Crippen LogP contribution in [-0.4, -0.2) is 59.0 Å². The SMILES string of the molecule is CC(=O)N(CCc1ccccc1)CC(=O)N1CCC[C@H]([C@H](C)O)C1. The first-order valence-electron chi connectivity index (χ1n) is 8.72. The third kappa shape index (κ3) is 5.34. The maximum absolute atomic E-state index is 12.5. The van der Waals surface area contributed by atoms with Gasteiger partial charge in [0, 0.05) is 32.5 Å². The molecular formula is C19H28N2O3. The molecule has 1 fully saturated rings. The Morgan fingerprint density at radius 3 is 2.67 bits per heavy atom. The molecule has 0 radical (unpaired) electrons. The van der Waals surface area contributed by atoms with Crippen molar-refractivity contribution in [1.29, 1.82) is 0 Å². The lowest BCUT2D eigenvalue weighted by atomic mass is 9.93. The summed E-state index contributed by atoms with van der Waals surface area (Å²) in [6.07, 6.45) is 2.20. The molecule has 1 N–H and O–H groups in total. The highest BCUT2D eigenvalue weighted by Gasteiger charge is 2.27. The van der Waals surface area contributed by atoms with E-state index in [2.05, 4.69) is 0 Å². The second kappa shape index (κ2) is 8.83. The van der Waals surface area contributed by atoms with Gasteiger partial charge in [-0.3, -0.25) is 9.59 Å². The first-order valence-corrected chi connectivity index (χ1v) is 8.72. The van der Waals surface area contributed by atoms with Gasteiger partial charge < -0.3 is 14.9 Å². The molecule has 1 aliphatic rings. The third-order valence-electron chi connectivity index (χ3n) is 4.78. The van der Waals surface area contributed by atoms with E-state index in [9.17, 15) is 14.7 Å². The fourth-order valence-electron chi connectivity index (χ4n) is 3.15. The minimum absolute atomic E-state index is 0.0244. The maximum Gasteiger partial charge on any atom is 0.242 e. The van der Waals surface area contributed by atoms with Crippen LogP contribution < -0.4 is 0 Å². The lowest BCUT2D eigenvalue weighted by Gasteiger charge is -2.35. The van der Waals surface area contributed by atoms with Crippen LogP contribution in [-0.2, 0) is 16.0 Å². The summed E-state index contributed by atoms with van der Waals surface area (Å²) < 4.78 is 0. The number of aliphatic hydroxyl groups excluding tert-OH is 1. The summed E-state index contributed by atoms with van der Waals surface area (Å²) in [5, 5.41) is 9.75. The Labute approximate surface area is 144 Å². The zero-order chi connectivity index (χ0) is 17.5. The summed E-state index contributed by atoms with van der Waals surface area (Å²) in [7, 11) is 0. The Balaban J connectivity index is 1.89. The Morgan fingerprint density at radius 1 is 1.33 bits per heavy atom. The van der Waals surface area contributed by atoms with Crippen LogP contribution in [0.5, 0.6) is 0 Å². The Morgan fingerprint density at radius 2 is 2.04 bits per heavy atom. The number of piperidine rings is 1. The average Bonchev–Trinajstić information content (AvgIpc) is 2.59. The minimum Gasteiger partial charge on any atom is -0.393 e. The van der Waals surface area contributed by atoms with Gasteiger partial charge in [-0.15, -0.1) is 0 Å². The molecule has 132 valence electrons. The molecule has 24 heavy (non-hydrogen) atoms. The predicted octanol–water partition coefficient (Wildman–Crippen LogP) is 1.70. The van der Waals surface area contributed by atoms with Crippen molar-refractivity contribution in [3.05, 3.63) is 35.9 Å². The molecule has 5 heteroatoms. The van der Waals surface area contributed by atoms with Crippen LogP contribution in [0.25, 0.3) is 0 Å². The van der Waals surface area contributed by atoms with Crippen molar-refractivity contribution in [2.75, 3.05) is 26.2 Å². The molecule has 0 spiro atoms. The molecule has 1 saturated heterocycles. The van der Waals surface area contributed by atoms with E-state index < -0.39 is 6.10 Å². The predicted molar refractivity (Wildman–Crippen MR) is 93.4 cm³/mol. The van der Waals surface area contributed by atoms with Crippen molar-refractivity contribution < 1.29 is 14.7 Å². The number of likely N-dealkylation sites (tertiary alicyclic amines) is 1. The van der Waals surface area contributed by atoms with Gasteiger partial charge in [-0.2, -0.15) is 0 Å². The minimum atomic E-state index is -0.400. The van der Waals surface area contributed by atoms with Crippen molar-refractivity contribution in [2.45, 2.75) is 39.2 Å². The monoisotopic (exact) mass is 332 g/mol. The number of carbonyl (C=O) groups is 2. The molecule has 0 unspecified atom stereocenters. The van der Waals surface area contributed by atoms with Crippen LogP contribution in [0, 0.1) is 5.92 Å². The molecule has 5 nitrogen and oxygen atoms in total. The van der Waals surface area contributed by atoms with E-state index in [4.69, 9.17) is 0 Å². The van der Waals surface area contributed by atoms with Crippen LogP contribution in [0.15, 0.2) is 30.3 Å². The van der Waals surface area contributed by atoms with E-state index >= 15 is 0 Å². The maximum atomic E-state index is 12.5. The topological polar surface area (TPSA) is 60.9 Å². The first kappa shape index (κ1) is 18.5. The molecule has 2 atom stereocenters. The van der Waals surface area contributed by atoms with Crippen LogP contribution in [0.4, 0.5) is 0 Å². The molecule has 0 aromatic heterocycles. The van der Waals surface area contributed by atoms with Crippen molar-refractivity contribution in [1.82, 2.24) is 9.80 Å². The summed E-state index contributed by atoms with van der Waals surface area (Å²) in [6, 6.07) is 9.96. The summed E-state index contributed by atoms with van der Waals surface area (Å²) in [5.41, 5.74) is 1.16. The van der Waals surface area contributed by atoms with Crippen LogP contribution >= 0.6 is 0 Å². The summed E-state index contributed by atoms with van der Waals surface area (Å²) in [5.74, 6) is 0.0322. The molecule has 0 aliphatic carbocycles. The Kier molecular flexibility index (Phi) is 6.79. The summed E-state index contributed by atoms with van der Waals surface area (Å²) >= 11 is 0. The molecule has 1 aromatic rings. The Bertz CT molecular complexity index is 545. The van der Waals surface area contributed by atoms with Crippen molar-refractivity contribution >= 4 is 11.8 Å². The van der Waals surface area contributed by atoms with E-state index in [0.29, 0.717) is 19.6 Å². The highest BCUT2D eigenvalue weighted by Crippen LogP contribution is 2.20. The average molecular weight is 332 g/mol. The molecule has 0 bridgehead atoms. The van der Waals surface area contributed by atoms with Crippen LogP contribution in [0.3, 0.4) is 0 Å². The van der Waals surface area contributed by atoms with Gasteiger partial charge in [-0.1, -0.05) is 30.3 Å². The van der Waals surface area contributed by atoms with Crippen molar-refractivity contribution in [3.63, 3.8) is 0 Å². The lowest BCUT2D eigenvalue weighted by Crippen LogP contribution is -2.48. The fourth-order valence-corrected chi connectivity index (χ4v) is 3.15. The van der Waals surface area contributed by atoms with Crippen LogP contribution in [0.2, 0.25) is 0 Å². The summed E-state index contributed by atoms with van der Waals surface area (Å²) in [6.45, 7) is 5.24. The number of hydrogen-bond acceptors (Lipinski definition) is 3. The smallest absolute Gasteiger partial charge is 0.242 e. The largest absolute Gasteiger partial charge is 0.393 e. The van der Waals surface area contributed by atoms with Crippen molar-refractivity contribution in [2.24, 2.45) is 5.92 Å². The van der Waals surface area contributed by atoms with Crippen LogP contribution in [0.1, 0.15) is 32.3 Å². The van der Waals surface area contributed by atoms with Gasteiger partial charge >= 0.3 is 0 Å². The highest BCUT2D eigenvalue weighted by molar-refractivity contribution is 5.83. The first-order chi connectivity index (χ1) is 11.5. The van der Waals surface area contributed by atoms with Gasteiger partial charge in [0.1, 0.15) is 0 Å². The number of carbonyl (C=O) groups excluding carboxylic acids is 2. The van der Waals surface area contributed by atoms with Gasteiger partial charge in [-0.05, 0) is 31.7 Å². The van der Waals surface area contributed by atoms with Gasteiger partial charge in [0.25, 0.3) is 0 Å². The number of aliphatic hydroxyl groups is 1.